The fourth-order valence-corrected chi connectivity index (χ4v) is 2.21. The van der Waals surface area contributed by atoms with Crippen molar-refractivity contribution in [3.05, 3.63) is 36.2 Å². The second-order valence-electron chi connectivity index (χ2n) is 4.63. The molecule has 1 fully saturated rings. The normalized spacial score (nSPS) is 17.9. The molecule has 0 spiro atoms. The molecule has 20 heavy (non-hydrogen) atoms. The number of nitrogens with zero attached hydrogens (tertiary/aromatic N) is 3. The maximum Gasteiger partial charge on any atom is 0.253 e. The average Bonchev–Trinajstić information content (AvgIpc) is 3.09. The highest BCUT2D eigenvalue weighted by molar-refractivity contribution is 5.94. The van der Waals surface area contributed by atoms with Crippen LogP contribution in [0.5, 0.6) is 0 Å². The van der Waals surface area contributed by atoms with Crippen LogP contribution in [0, 0.1) is 0 Å². The summed E-state index contributed by atoms with van der Waals surface area (Å²) in [5.41, 5.74) is 7.29. The van der Waals surface area contributed by atoms with E-state index in [1.165, 1.54) is 6.39 Å². The number of hydrogen-bond acceptors (Lipinski definition) is 5. The molecule has 2 aromatic rings. The molecule has 6 nitrogen and oxygen atoms in total. The third kappa shape index (κ3) is 2.81. The largest absolute Gasteiger partial charge is 0.342 e. The highest BCUT2D eigenvalue weighted by atomic mass is 35.5. The number of hydrogen-bond donors (Lipinski definition) is 1. The SMILES string of the molecule is Cl.N[C@@H]1CCN(C(=O)c2ccc(-c3ncon3)cc2)C1. The van der Waals surface area contributed by atoms with Crippen LogP contribution in [0.25, 0.3) is 11.4 Å². The molecule has 0 aliphatic carbocycles. The van der Waals surface area contributed by atoms with Crippen LogP contribution in [-0.4, -0.2) is 40.1 Å². The quantitative estimate of drug-likeness (QED) is 0.903. The number of likely N-dealkylation sites (tertiary alicyclic amines) is 1. The van der Waals surface area contributed by atoms with E-state index in [0.29, 0.717) is 17.9 Å². The van der Waals surface area contributed by atoms with Crippen LogP contribution in [0.2, 0.25) is 0 Å². The van der Waals surface area contributed by atoms with Crippen molar-refractivity contribution in [3.8, 4) is 11.4 Å². The Kier molecular flexibility index (Phi) is 4.36. The molecule has 0 radical (unpaired) electrons. The van der Waals surface area contributed by atoms with E-state index in [1.54, 1.807) is 17.0 Å². The van der Waals surface area contributed by atoms with E-state index in [2.05, 4.69) is 14.7 Å². The molecular formula is C13H15ClN4O2. The van der Waals surface area contributed by atoms with Gasteiger partial charge in [-0.1, -0.05) is 17.3 Å². The molecule has 1 atom stereocenters. The van der Waals surface area contributed by atoms with Crippen LogP contribution in [0.4, 0.5) is 0 Å². The molecule has 1 aromatic heterocycles. The minimum absolute atomic E-state index is 0. The molecule has 1 aromatic carbocycles. The summed E-state index contributed by atoms with van der Waals surface area (Å²) in [4.78, 5) is 18.0. The van der Waals surface area contributed by atoms with Gasteiger partial charge >= 0.3 is 0 Å². The van der Waals surface area contributed by atoms with Crippen molar-refractivity contribution in [3.63, 3.8) is 0 Å². The highest BCUT2D eigenvalue weighted by Crippen LogP contribution is 2.17. The topological polar surface area (TPSA) is 85.2 Å². The first kappa shape index (κ1) is 14.5. The molecule has 1 aliphatic heterocycles. The van der Waals surface area contributed by atoms with Crippen LogP contribution in [0.15, 0.2) is 35.2 Å². The summed E-state index contributed by atoms with van der Waals surface area (Å²) in [5.74, 6) is 0.537. The molecular weight excluding hydrogens is 280 g/mol. The lowest BCUT2D eigenvalue weighted by molar-refractivity contribution is 0.0791. The zero-order valence-corrected chi connectivity index (χ0v) is 11.5. The Bertz CT molecular complexity index is 571. The van der Waals surface area contributed by atoms with Gasteiger partial charge in [0.25, 0.3) is 5.91 Å². The van der Waals surface area contributed by atoms with E-state index >= 15 is 0 Å². The summed E-state index contributed by atoms with van der Waals surface area (Å²) in [6, 6.07) is 7.28. The second-order valence-corrected chi connectivity index (χ2v) is 4.63. The minimum atomic E-state index is 0. The number of carbonyl (C=O) groups excluding carboxylic acids is 1. The van der Waals surface area contributed by atoms with E-state index in [1.807, 2.05) is 12.1 Å². The minimum Gasteiger partial charge on any atom is -0.342 e. The smallest absolute Gasteiger partial charge is 0.253 e. The van der Waals surface area contributed by atoms with Crippen molar-refractivity contribution in [1.29, 1.82) is 0 Å². The number of nitrogens with two attached hydrogens (primary N) is 1. The fraction of sp³-hybridized carbons (Fsp3) is 0.308. The standard InChI is InChI=1S/C13H14N4O2.ClH/c14-11-5-6-17(7-11)13(18)10-3-1-9(2-4-10)12-15-8-19-16-12;/h1-4,8,11H,5-7,14H2;1H/t11-;/m1./s1. The van der Waals surface area contributed by atoms with E-state index in [9.17, 15) is 4.79 Å². The van der Waals surface area contributed by atoms with Crippen molar-refractivity contribution in [2.75, 3.05) is 13.1 Å². The lowest BCUT2D eigenvalue weighted by Crippen LogP contribution is -2.31. The second kappa shape index (κ2) is 6.02. The van der Waals surface area contributed by atoms with Crippen LogP contribution in [0.3, 0.4) is 0 Å². The van der Waals surface area contributed by atoms with Gasteiger partial charge in [0.1, 0.15) is 0 Å². The molecule has 1 aliphatic rings. The van der Waals surface area contributed by atoms with Gasteiger partial charge in [0, 0.05) is 30.3 Å². The molecule has 0 bridgehead atoms. The average molecular weight is 295 g/mol. The highest BCUT2D eigenvalue weighted by Gasteiger charge is 2.24. The number of rotatable bonds is 2. The first-order valence-electron chi connectivity index (χ1n) is 6.16. The molecule has 7 heteroatoms. The summed E-state index contributed by atoms with van der Waals surface area (Å²) in [7, 11) is 0. The molecule has 1 saturated heterocycles. The van der Waals surface area contributed by atoms with Gasteiger partial charge < -0.3 is 15.2 Å². The van der Waals surface area contributed by atoms with Gasteiger partial charge in [0.05, 0.1) is 0 Å². The zero-order chi connectivity index (χ0) is 13.2. The molecule has 3 rings (SSSR count). The van der Waals surface area contributed by atoms with Gasteiger partial charge in [0.2, 0.25) is 12.2 Å². The van der Waals surface area contributed by atoms with Crippen molar-refractivity contribution in [2.24, 2.45) is 5.73 Å². The van der Waals surface area contributed by atoms with E-state index in [-0.39, 0.29) is 24.4 Å². The summed E-state index contributed by atoms with van der Waals surface area (Å²) in [5, 5.41) is 3.75. The van der Waals surface area contributed by atoms with Crippen molar-refractivity contribution in [2.45, 2.75) is 12.5 Å². The van der Waals surface area contributed by atoms with Gasteiger partial charge in [-0.25, -0.2) is 0 Å². The Balaban J connectivity index is 0.00000147. The van der Waals surface area contributed by atoms with Crippen molar-refractivity contribution >= 4 is 18.3 Å². The first-order valence-corrected chi connectivity index (χ1v) is 6.16. The monoisotopic (exact) mass is 294 g/mol. The van der Waals surface area contributed by atoms with Crippen molar-refractivity contribution < 1.29 is 9.32 Å². The maximum absolute atomic E-state index is 12.2. The summed E-state index contributed by atoms with van der Waals surface area (Å²) in [6.45, 7) is 1.36. The zero-order valence-electron chi connectivity index (χ0n) is 10.7. The first-order chi connectivity index (χ1) is 9.24. The molecule has 106 valence electrons. The summed E-state index contributed by atoms with van der Waals surface area (Å²) < 4.78 is 4.69. The third-order valence-corrected chi connectivity index (χ3v) is 3.26. The van der Waals surface area contributed by atoms with Gasteiger partial charge in [-0.2, -0.15) is 4.98 Å². The summed E-state index contributed by atoms with van der Waals surface area (Å²) in [6.07, 6.45) is 2.15. The molecule has 2 N–H and O–H groups in total. The van der Waals surface area contributed by atoms with E-state index in [4.69, 9.17) is 5.73 Å². The molecule has 1 amide bonds. The number of aromatic nitrogens is 2. The third-order valence-electron chi connectivity index (χ3n) is 3.26. The number of halogens is 1. The lowest BCUT2D eigenvalue weighted by atomic mass is 10.1. The van der Waals surface area contributed by atoms with Crippen molar-refractivity contribution in [1.82, 2.24) is 15.0 Å². The Morgan fingerprint density at radius 2 is 2.10 bits per heavy atom. The Labute approximate surface area is 122 Å². The molecule has 0 unspecified atom stereocenters. The Morgan fingerprint density at radius 3 is 2.65 bits per heavy atom. The van der Waals surface area contributed by atoms with Crippen LogP contribution in [0.1, 0.15) is 16.8 Å². The van der Waals surface area contributed by atoms with Crippen LogP contribution < -0.4 is 5.73 Å². The van der Waals surface area contributed by atoms with Gasteiger partial charge in [-0.15, -0.1) is 12.4 Å². The number of amides is 1. The number of benzene rings is 1. The van der Waals surface area contributed by atoms with Gasteiger partial charge in [0.15, 0.2) is 0 Å². The predicted molar refractivity (Wildman–Crippen MR) is 75.5 cm³/mol. The van der Waals surface area contributed by atoms with E-state index in [0.717, 1.165) is 18.5 Å². The molecule has 2 heterocycles. The van der Waals surface area contributed by atoms with Gasteiger partial charge in [-0.3, -0.25) is 4.79 Å². The van der Waals surface area contributed by atoms with Gasteiger partial charge in [-0.05, 0) is 18.6 Å². The Hall–Kier alpha value is -1.92. The lowest BCUT2D eigenvalue weighted by Gasteiger charge is -2.15. The summed E-state index contributed by atoms with van der Waals surface area (Å²) >= 11 is 0. The maximum atomic E-state index is 12.2. The fourth-order valence-electron chi connectivity index (χ4n) is 2.21. The van der Waals surface area contributed by atoms with Crippen LogP contribution >= 0.6 is 12.4 Å². The Morgan fingerprint density at radius 1 is 1.35 bits per heavy atom. The van der Waals surface area contributed by atoms with E-state index < -0.39 is 0 Å². The van der Waals surface area contributed by atoms with Crippen LogP contribution in [-0.2, 0) is 0 Å². The predicted octanol–water partition coefficient (Wildman–Crippen LogP) is 1.33. The number of carbonyl (C=O) groups is 1. The molecule has 0 saturated carbocycles.